The van der Waals surface area contributed by atoms with E-state index < -0.39 is 0 Å². The van der Waals surface area contributed by atoms with Gasteiger partial charge in [0.2, 0.25) is 0 Å². The highest BCUT2D eigenvalue weighted by Crippen LogP contribution is 2.21. The van der Waals surface area contributed by atoms with Crippen LogP contribution in [0, 0.1) is 0 Å². The fourth-order valence-corrected chi connectivity index (χ4v) is 3.73. The summed E-state index contributed by atoms with van der Waals surface area (Å²) in [6, 6.07) is 0. The highest BCUT2D eigenvalue weighted by molar-refractivity contribution is 8.23. The molecule has 0 N–H and O–H groups in total. The normalized spacial score (nSPS) is 21.2. The number of likely N-dealkylation sites (tertiary alicyclic amines) is 1. The van der Waals surface area contributed by atoms with Crippen molar-refractivity contribution in [2.75, 3.05) is 18.8 Å². The number of piperidine rings is 1. The van der Waals surface area contributed by atoms with Gasteiger partial charge in [-0.25, -0.2) is 0 Å². The minimum Gasteiger partial charge on any atom is -0.462 e. The van der Waals surface area contributed by atoms with Crippen molar-refractivity contribution in [2.45, 2.75) is 57.5 Å². The first-order valence-electron chi connectivity index (χ1n) is 7.37. The topological polar surface area (TPSA) is 29.5 Å². The lowest BCUT2D eigenvalue weighted by atomic mass is 9.98. The van der Waals surface area contributed by atoms with E-state index in [2.05, 4.69) is 4.90 Å². The summed E-state index contributed by atoms with van der Waals surface area (Å²) in [5, 5.41) is 0. The number of hydrogen-bond acceptors (Lipinski definition) is 4. The van der Waals surface area contributed by atoms with Crippen LogP contribution in [0.3, 0.4) is 0 Å². The summed E-state index contributed by atoms with van der Waals surface area (Å²) < 4.78 is 6.35. The maximum atomic E-state index is 11.8. The largest absolute Gasteiger partial charge is 0.462 e. The molecule has 1 aliphatic heterocycles. The van der Waals surface area contributed by atoms with Gasteiger partial charge in [0.15, 0.2) is 0 Å². The van der Waals surface area contributed by atoms with E-state index >= 15 is 0 Å². The lowest BCUT2D eigenvalue weighted by Crippen LogP contribution is -2.33. The molecule has 1 saturated heterocycles. The van der Waals surface area contributed by atoms with Crippen LogP contribution in [0.4, 0.5) is 0 Å². The van der Waals surface area contributed by atoms with Gasteiger partial charge in [-0.1, -0.05) is 30.4 Å². The Morgan fingerprint density at radius 3 is 2.42 bits per heavy atom. The van der Waals surface area contributed by atoms with Crippen molar-refractivity contribution in [3.8, 4) is 0 Å². The molecular weight excluding hydrogens is 278 g/mol. The van der Waals surface area contributed by atoms with Crippen LogP contribution in [-0.4, -0.2) is 40.1 Å². The molecule has 0 unspecified atom stereocenters. The summed E-state index contributed by atoms with van der Waals surface area (Å²) in [5.74, 6) is 0.266. The van der Waals surface area contributed by atoms with Crippen LogP contribution >= 0.6 is 24.0 Å². The molecule has 2 aliphatic rings. The lowest BCUT2D eigenvalue weighted by Gasteiger charge is -2.28. The molecule has 2 rings (SSSR count). The number of hydrogen-bond donors (Lipinski definition) is 0. The van der Waals surface area contributed by atoms with Crippen LogP contribution in [0.5, 0.6) is 0 Å². The molecule has 0 amide bonds. The number of rotatable bonds is 3. The average molecular weight is 301 g/mol. The Morgan fingerprint density at radius 2 is 1.74 bits per heavy atom. The highest BCUT2D eigenvalue weighted by atomic mass is 32.2. The van der Waals surface area contributed by atoms with E-state index in [-0.39, 0.29) is 12.1 Å². The molecular formula is C14H23NO2S2. The fourth-order valence-electron chi connectivity index (χ4n) is 2.69. The second kappa shape index (κ2) is 8.10. The van der Waals surface area contributed by atoms with Crippen molar-refractivity contribution in [1.29, 1.82) is 0 Å². The number of carbonyl (C=O) groups excluding carboxylic acids is 1. The zero-order valence-electron chi connectivity index (χ0n) is 11.4. The zero-order chi connectivity index (χ0) is 13.5. The minimum atomic E-state index is -0.101. The standard InChI is InChI=1S/C14H23NO2S2/c16-13(17-12-7-3-1-4-8-12)11-19-14(18)15-9-5-2-6-10-15/h12H,1-11H2. The van der Waals surface area contributed by atoms with E-state index in [0.717, 1.165) is 30.3 Å². The summed E-state index contributed by atoms with van der Waals surface area (Å²) in [5.41, 5.74) is 0. The Balaban J connectivity index is 1.63. The van der Waals surface area contributed by atoms with Crippen molar-refractivity contribution in [3.05, 3.63) is 0 Å². The second-order valence-electron chi connectivity index (χ2n) is 5.35. The number of thiocarbonyl (C=S) groups is 1. The van der Waals surface area contributed by atoms with Gasteiger partial charge in [0, 0.05) is 13.1 Å². The Bertz CT molecular complexity index is 311. The molecule has 1 heterocycles. The minimum absolute atomic E-state index is 0.101. The van der Waals surface area contributed by atoms with E-state index in [1.807, 2.05) is 0 Å². The monoisotopic (exact) mass is 301 g/mol. The van der Waals surface area contributed by atoms with Crippen molar-refractivity contribution in [1.82, 2.24) is 4.90 Å². The molecule has 0 spiro atoms. The maximum Gasteiger partial charge on any atom is 0.316 e. The SMILES string of the molecule is O=C(CSC(=S)N1CCCCC1)OC1CCCCC1. The Kier molecular flexibility index (Phi) is 6.44. The molecule has 0 radical (unpaired) electrons. The number of carbonyl (C=O) groups is 1. The number of thioether (sulfide) groups is 1. The van der Waals surface area contributed by atoms with Gasteiger partial charge in [-0.15, -0.1) is 0 Å². The summed E-state index contributed by atoms with van der Waals surface area (Å²) >= 11 is 6.84. The molecule has 0 atom stereocenters. The Morgan fingerprint density at radius 1 is 1.11 bits per heavy atom. The molecule has 1 aliphatic carbocycles. The molecule has 1 saturated carbocycles. The third-order valence-corrected chi connectivity index (χ3v) is 5.28. The van der Waals surface area contributed by atoms with E-state index in [1.54, 1.807) is 0 Å². The summed E-state index contributed by atoms with van der Waals surface area (Å²) in [6.45, 7) is 2.09. The molecule has 5 heteroatoms. The fraction of sp³-hybridized carbons (Fsp3) is 0.857. The van der Waals surface area contributed by atoms with Crippen LogP contribution in [-0.2, 0) is 9.53 Å². The molecule has 0 aromatic heterocycles. The Hall–Kier alpha value is -0.290. The van der Waals surface area contributed by atoms with Gasteiger partial charge < -0.3 is 9.64 Å². The third-order valence-electron chi connectivity index (χ3n) is 3.78. The maximum absolute atomic E-state index is 11.8. The molecule has 108 valence electrons. The van der Waals surface area contributed by atoms with Gasteiger partial charge >= 0.3 is 5.97 Å². The van der Waals surface area contributed by atoms with Gasteiger partial charge in [-0.05, 0) is 44.9 Å². The zero-order valence-corrected chi connectivity index (χ0v) is 13.1. The van der Waals surface area contributed by atoms with Gasteiger partial charge in [-0.2, -0.15) is 0 Å². The van der Waals surface area contributed by atoms with Crippen molar-refractivity contribution >= 4 is 34.3 Å². The number of nitrogens with zero attached hydrogens (tertiary/aromatic N) is 1. The molecule has 2 fully saturated rings. The van der Waals surface area contributed by atoms with Crippen LogP contribution < -0.4 is 0 Å². The summed E-state index contributed by atoms with van der Waals surface area (Å²) in [6.07, 6.45) is 9.62. The van der Waals surface area contributed by atoms with E-state index in [1.165, 1.54) is 50.3 Å². The van der Waals surface area contributed by atoms with Crippen LogP contribution in [0.1, 0.15) is 51.4 Å². The molecule has 3 nitrogen and oxygen atoms in total. The number of esters is 1. The molecule has 0 aromatic rings. The van der Waals surface area contributed by atoms with E-state index in [9.17, 15) is 4.79 Å². The van der Waals surface area contributed by atoms with Crippen LogP contribution in [0.15, 0.2) is 0 Å². The smallest absolute Gasteiger partial charge is 0.316 e. The van der Waals surface area contributed by atoms with Gasteiger partial charge in [0.1, 0.15) is 10.4 Å². The highest BCUT2D eigenvalue weighted by Gasteiger charge is 2.19. The van der Waals surface area contributed by atoms with Crippen molar-refractivity contribution in [3.63, 3.8) is 0 Å². The van der Waals surface area contributed by atoms with E-state index in [0.29, 0.717) is 5.75 Å². The van der Waals surface area contributed by atoms with E-state index in [4.69, 9.17) is 17.0 Å². The van der Waals surface area contributed by atoms with Gasteiger partial charge in [0.25, 0.3) is 0 Å². The second-order valence-corrected chi connectivity index (χ2v) is 6.96. The molecule has 0 bridgehead atoms. The number of ether oxygens (including phenoxy) is 1. The van der Waals surface area contributed by atoms with Gasteiger partial charge in [-0.3, -0.25) is 4.79 Å². The van der Waals surface area contributed by atoms with Gasteiger partial charge in [0.05, 0.1) is 5.75 Å². The molecule has 0 aromatic carbocycles. The predicted molar refractivity (Wildman–Crippen MR) is 83.4 cm³/mol. The molecule has 19 heavy (non-hydrogen) atoms. The van der Waals surface area contributed by atoms with Crippen molar-refractivity contribution in [2.24, 2.45) is 0 Å². The Labute approximate surface area is 125 Å². The van der Waals surface area contributed by atoms with Crippen LogP contribution in [0.2, 0.25) is 0 Å². The first-order valence-corrected chi connectivity index (χ1v) is 8.76. The summed E-state index contributed by atoms with van der Waals surface area (Å²) in [4.78, 5) is 14.0. The third kappa shape index (κ3) is 5.30. The first-order chi connectivity index (χ1) is 9.25. The van der Waals surface area contributed by atoms with Crippen molar-refractivity contribution < 1.29 is 9.53 Å². The quantitative estimate of drug-likeness (QED) is 0.589. The lowest BCUT2D eigenvalue weighted by molar-refractivity contribution is -0.147. The van der Waals surface area contributed by atoms with Crippen LogP contribution in [0.25, 0.3) is 0 Å². The predicted octanol–water partition coefficient (Wildman–Crippen LogP) is 3.37. The summed E-state index contributed by atoms with van der Waals surface area (Å²) in [7, 11) is 0. The first kappa shape index (κ1) is 15.1. The average Bonchev–Trinajstić information content (AvgIpc) is 2.47.